The van der Waals surface area contributed by atoms with Crippen LogP contribution < -0.4 is 5.32 Å². The predicted molar refractivity (Wildman–Crippen MR) is 71.1 cm³/mol. The van der Waals surface area contributed by atoms with E-state index in [1.54, 1.807) is 7.05 Å². The van der Waals surface area contributed by atoms with Crippen molar-refractivity contribution in [3.8, 4) is 0 Å². The largest absolute Gasteiger partial charge is 0.416 e. The molecule has 1 aromatic rings. The van der Waals surface area contributed by atoms with Crippen LogP contribution in [-0.2, 0) is 17.5 Å². The summed E-state index contributed by atoms with van der Waals surface area (Å²) in [5.41, 5.74) is -0.0184. The molecule has 0 saturated carbocycles. The smallest absolute Gasteiger partial charge is 0.340 e. The van der Waals surface area contributed by atoms with E-state index in [4.69, 9.17) is 0 Å². The van der Waals surface area contributed by atoms with Gasteiger partial charge in [0.05, 0.1) is 12.1 Å². The lowest BCUT2D eigenvalue weighted by molar-refractivity contribution is -0.137. The highest BCUT2D eigenvalue weighted by Gasteiger charge is 2.29. The van der Waals surface area contributed by atoms with E-state index in [2.05, 4.69) is 5.32 Å². The van der Waals surface area contributed by atoms with Crippen molar-refractivity contribution in [2.45, 2.75) is 32.6 Å². The molecule has 0 aliphatic carbocycles. The van der Waals surface area contributed by atoms with E-state index in [0.29, 0.717) is 5.56 Å². The average Bonchev–Trinajstić information content (AvgIpc) is 2.35. The second-order valence-electron chi connectivity index (χ2n) is 4.98. The fourth-order valence-corrected chi connectivity index (χ4v) is 1.59. The van der Waals surface area contributed by atoms with Crippen LogP contribution in [0.5, 0.6) is 0 Å². The molecular weight excluding hydrogens is 269 g/mol. The summed E-state index contributed by atoms with van der Waals surface area (Å²) in [6.07, 6.45) is -4.33. The maximum absolute atomic E-state index is 12.4. The van der Waals surface area contributed by atoms with Gasteiger partial charge in [-0.05, 0) is 17.7 Å². The number of likely N-dealkylation sites (N-methyl/N-ethyl adjacent to an activating group) is 1. The highest BCUT2D eigenvalue weighted by Crippen LogP contribution is 2.29. The third-order valence-electron chi connectivity index (χ3n) is 2.79. The first kappa shape index (κ1) is 16.5. The lowest BCUT2D eigenvalue weighted by Crippen LogP contribution is -2.37. The van der Waals surface area contributed by atoms with Crippen LogP contribution in [-0.4, -0.2) is 30.4 Å². The maximum atomic E-state index is 12.4. The van der Waals surface area contributed by atoms with Crippen molar-refractivity contribution in [3.05, 3.63) is 35.4 Å². The molecule has 0 fully saturated rings. The van der Waals surface area contributed by atoms with E-state index >= 15 is 0 Å². The number of hydrogen-bond donors (Lipinski definition) is 1. The van der Waals surface area contributed by atoms with Gasteiger partial charge in [0.15, 0.2) is 0 Å². The van der Waals surface area contributed by atoms with E-state index in [-0.39, 0.29) is 25.0 Å². The van der Waals surface area contributed by atoms with Crippen LogP contribution in [0, 0.1) is 0 Å². The number of amides is 1. The summed E-state index contributed by atoms with van der Waals surface area (Å²) in [7, 11) is 1.63. The number of nitrogens with zero attached hydrogens (tertiary/aromatic N) is 1. The molecule has 0 aliphatic heterocycles. The molecule has 0 radical (unpaired) electrons. The molecule has 6 heteroatoms. The van der Waals surface area contributed by atoms with Crippen molar-refractivity contribution in [2.24, 2.45) is 0 Å². The van der Waals surface area contributed by atoms with E-state index in [0.717, 1.165) is 12.1 Å². The Kier molecular flexibility index (Phi) is 5.56. The highest BCUT2D eigenvalue weighted by molar-refractivity contribution is 5.78. The Hall–Kier alpha value is -1.56. The highest BCUT2D eigenvalue weighted by atomic mass is 19.4. The van der Waals surface area contributed by atoms with E-state index < -0.39 is 11.7 Å². The minimum Gasteiger partial charge on any atom is -0.340 e. The summed E-state index contributed by atoms with van der Waals surface area (Å²) in [4.78, 5) is 13.2. The van der Waals surface area contributed by atoms with E-state index in [9.17, 15) is 18.0 Å². The Morgan fingerprint density at radius 2 is 1.80 bits per heavy atom. The summed E-state index contributed by atoms with van der Waals surface area (Å²) in [5, 5.41) is 3.00. The van der Waals surface area contributed by atoms with Gasteiger partial charge in [-0.2, -0.15) is 13.2 Å². The van der Waals surface area contributed by atoms with Crippen molar-refractivity contribution in [1.82, 2.24) is 10.2 Å². The average molecular weight is 288 g/mol. The van der Waals surface area contributed by atoms with Crippen molar-refractivity contribution in [1.29, 1.82) is 0 Å². The van der Waals surface area contributed by atoms with E-state index in [1.165, 1.54) is 17.0 Å². The molecule has 0 aliphatic rings. The summed E-state index contributed by atoms with van der Waals surface area (Å²) in [6.45, 7) is 4.37. The Bertz CT molecular complexity index is 441. The van der Waals surface area contributed by atoms with Crippen molar-refractivity contribution >= 4 is 5.91 Å². The third kappa shape index (κ3) is 5.21. The first-order chi connectivity index (χ1) is 9.20. The molecule has 3 nitrogen and oxygen atoms in total. The number of benzene rings is 1. The Morgan fingerprint density at radius 3 is 2.25 bits per heavy atom. The molecule has 112 valence electrons. The predicted octanol–water partition coefficient (Wildman–Crippen LogP) is 2.66. The molecular formula is C14H19F3N2O. The van der Waals surface area contributed by atoms with Gasteiger partial charge < -0.3 is 10.2 Å². The van der Waals surface area contributed by atoms with Gasteiger partial charge in [-0.15, -0.1) is 0 Å². The first-order valence-electron chi connectivity index (χ1n) is 6.33. The number of halogens is 3. The molecule has 0 saturated heterocycles. The van der Waals surface area contributed by atoms with Crippen LogP contribution in [0.2, 0.25) is 0 Å². The second-order valence-corrected chi connectivity index (χ2v) is 4.98. The van der Waals surface area contributed by atoms with Gasteiger partial charge in [-0.1, -0.05) is 26.0 Å². The van der Waals surface area contributed by atoms with Gasteiger partial charge in [0.1, 0.15) is 0 Å². The van der Waals surface area contributed by atoms with Crippen LogP contribution in [0.25, 0.3) is 0 Å². The Balaban J connectivity index is 2.58. The SMILES string of the molecule is CC(C)NCC(=O)N(C)Cc1ccc(C(F)(F)F)cc1. The topological polar surface area (TPSA) is 32.3 Å². The molecule has 1 amide bonds. The van der Waals surface area contributed by atoms with Gasteiger partial charge in [0, 0.05) is 19.6 Å². The summed E-state index contributed by atoms with van der Waals surface area (Å²) in [5.74, 6) is -0.0985. The molecule has 0 unspecified atom stereocenters. The molecule has 0 bridgehead atoms. The fraction of sp³-hybridized carbons (Fsp3) is 0.500. The lowest BCUT2D eigenvalue weighted by atomic mass is 10.1. The maximum Gasteiger partial charge on any atom is 0.416 e. The van der Waals surface area contributed by atoms with Gasteiger partial charge in [0.25, 0.3) is 0 Å². The van der Waals surface area contributed by atoms with E-state index in [1.807, 2.05) is 13.8 Å². The Morgan fingerprint density at radius 1 is 1.25 bits per heavy atom. The zero-order valence-corrected chi connectivity index (χ0v) is 11.8. The summed E-state index contributed by atoms with van der Waals surface area (Å²) in [6, 6.07) is 5.05. The zero-order valence-electron chi connectivity index (χ0n) is 11.8. The second kappa shape index (κ2) is 6.74. The molecule has 0 spiro atoms. The van der Waals surface area contributed by atoms with Crippen LogP contribution in [0.3, 0.4) is 0 Å². The number of rotatable bonds is 5. The van der Waals surface area contributed by atoms with Crippen molar-refractivity contribution in [2.75, 3.05) is 13.6 Å². The van der Waals surface area contributed by atoms with Crippen LogP contribution in [0.1, 0.15) is 25.0 Å². The third-order valence-corrected chi connectivity index (χ3v) is 2.79. The van der Waals surface area contributed by atoms with Crippen LogP contribution in [0.15, 0.2) is 24.3 Å². The van der Waals surface area contributed by atoms with Crippen molar-refractivity contribution in [3.63, 3.8) is 0 Å². The molecule has 0 aromatic heterocycles. The van der Waals surface area contributed by atoms with Gasteiger partial charge in [-0.3, -0.25) is 4.79 Å². The number of hydrogen-bond acceptors (Lipinski definition) is 2. The molecule has 20 heavy (non-hydrogen) atoms. The first-order valence-corrected chi connectivity index (χ1v) is 6.33. The van der Waals surface area contributed by atoms with Gasteiger partial charge in [-0.25, -0.2) is 0 Å². The zero-order chi connectivity index (χ0) is 15.3. The van der Waals surface area contributed by atoms with Crippen LogP contribution >= 0.6 is 0 Å². The molecule has 1 aromatic carbocycles. The molecule has 1 N–H and O–H groups in total. The quantitative estimate of drug-likeness (QED) is 0.903. The number of carbonyl (C=O) groups is 1. The standard InChI is InChI=1S/C14H19F3N2O/c1-10(2)18-8-13(20)19(3)9-11-4-6-12(7-5-11)14(15,16)17/h4-7,10,18H,8-9H2,1-3H3. The van der Waals surface area contributed by atoms with Gasteiger partial charge >= 0.3 is 6.18 Å². The van der Waals surface area contributed by atoms with Gasteiger partial charge in [0.2, 0.25) is 5.91 Å². The summed E-state index contributed by atoms with van der Waals surface area (Å²) >= 11 is 0. The summed E-state index contributed by atoms with van der Waals surface area (Å²) < 4.78 is 37.2. The number of nitrogens with one attached hydrogen (secondary N) is 1. The lowest BCUT2D eigenvalue weighted by Gasteiger charge is -2.19. The van der Waals surface area contributed by atoms with Crippen molar-refractivity contribution < 1.29 is 18.0 Å². The normalized spacial score (nSPS) is 11.8. The molecule has 0 atom stereocenters. The molecule has 0 heterocycles. The number of carbonyl (C=O) groups excluding carboxylic acids is 1. The monoisotopic (exact) mass is 288 g/mol. The number of alkyl halides is 3. The fourth-order valence-electron chi connectivity index (χ4n) is 1.59. The van der Waals surface area contributed by atoms with Crippen LogP contribution in [0.4, 0.5) is 13.2 Å². The minimum absolute atomic E-state index is 0.0985. The molecule has 1 rings (SSSR count). The minimum atomic E-state index is -4.33. The Labute approximate surface area is 116 Å².